The van der Waals surface area contributed by atoms with Crippen molar-refractivity contribution in [2.24, 2.45) is 0 Å². The molecule has 6 heteroatoms. The molecule has 0 bridgehead atoms. The van der Waals surface area contributed by atoms with E-state index >= 15 is 0 Å². The molecule has 0 spiro atoms. The molecule has 140 valence electrons. The molecule has 0 aliphatic carbocycles. The van der Waals surface area contributed by atoms with Gasteiger partial charge in [0.15, 0.2) is 0 Å². The van der Waals surface area contributed by atoms with E-state index in [9.17, 15) is 13.2 Å². The molecule has 0 heterocycles. The first kappa shape index (κ1) is 20.1. The lowest BCUT2D eigenvalue weighted by Crippen LogP contribution is -2.32. The van der Waals surface area contributed by atoms with E-state index in [4.69, 9.17) is 0 Å². The molecule has 0 saturated carbocycles. The van der Waals surface area contributed by atoms with Crippen molar-refractivity contribution in [2.75, 3.05) is 20.1 Å². The molecule has 0 aliphatic heterocycles. The number of nitrogens with zero attached hydrogens (tertiary/aromatic N) is 2. The minimum Gasteiger partial charge on any atom is -0.335 e. The SMILES string of the molecule is CCN(CC)S(=O)(=O)c1cccc(C(=O)N(C)[C@@H](C)c2ccccc2)c1. The van der Waals surface area contributed by atoms with Gasteiger partial charge in [-0.15, -0.1) is 0 Å². The minimum absolute atomic E-state index is 0.119. The monoisotopic (exact) mass is 374 g/mol. The first-order valence-corrected chi connectivity index (χ1v) is 10.2. The zero-order valence-electron chi connectivity index (χ0n) is 15.7. The molecule has 0 N–H and O–H groups in total. The standard InChI is InChI=1S/C20H26N2O3S/c1-5-22(6-2)26(24,25)19-14-10-13-18(15-19)20(23)21(4)16(3)17-11-8-7-9-12-17/h7-16H,5-6H2,1-4H3/t16-/m0/s1. The molecular formula is C20H26N2O3S. The van der Waals surface area contributed by atoms with Gasteiger partial charge in [0.25, 0.3) is 5.91 Å². The molecule has 2 rings (SSSR count). The minimum atomic E-state index is -3.59. The van der Waals surface area contributed by atoms with Crippen LogP contribution in [0.15, 0.2) is 59.5 Å². The topological polar surface area (TPSA) is 57.7 Å². The van der Waals surface area contributed by atoms with Crippen LogP contribution in [-0.4, -0.2) is 43.7 Å². The second-order valence-electron chi connectivity index (χ2n) is 6.12. The highest BCUT2D eigenvalue weighted by Crippen LogP contribution is 2.22. The van der Waals surface area contributed by atoms with Gasteiger partial charge in [-0.3, -0.25) is 4.79 Å². The zero-order chi connectivity index (χ0) is 19.3. The van der Waals surface area contributed by atoms with Crippen LogP contribution in [0.1, 0.15) is 42.7 Å². The quantitative estimate of drug-likeness (QED) is 0.745. The lowest BCUT2D eigenvalue weighted by Gasteiger charge is -2.26. The summed E-state index contributed by atoms with van der Waals surface area (Å²) < 4.78 is 26.8. The van der Waals surface area contributed by atoms with Gasteiger partial charge in [0, 0.05) is 25.7 Å². The summed E-state index contributed by atoms with van der Waals surface area (Å²) in [5.74, 6) is -0.210. The van der Waals surface area contributed by atoms with Crippen molar-refractivity contribution in [3.8, 4) is 0 Å². The maximum Gasteiger partial charge on any atom is 0.254 e. The molecule has 0 aromatic heterocycles. The highest BCUT2D eigenvalue weighted by atomic mass is 32.2. The van der Waals surface area contributed by atoms with Crippen molar-refractivity contribution in [2.45, 2.75) is 31.7 Å². The van der Waals surface area contributed by atoms with Crippen LogP contribution < -0.4 is 0 Å². The third-order valence-corrected chi connectivity index (χ3v) is 6.65. The molecule has 2 aromatic rings. The van der Waals surface area contributed by atoms with E-state index in [2.05, 4.69) is 0 Å². The number of amides is 1. The number of rotatable bonds is 7. The van der Waals surface area contributed by atoms with Crippen LogP contribution in [-0.2, 0) is 10.0 Å². The predicted octanol–water partition coefficient (Wildman–Crippen LogP) is 3.55. The number of carbonyl (C=O) groups excluding carboxylic acids is 1. The molecule has 0 aliphatic rings. The van der Waals surface area contributed by atoms with Crippen LogP contribution in [0.4, 0.5) is 0 Å². The van der Waals surface area contributed by atoms with E-state index in [1.165, 1.54) is 16.4 Å². The van der Waals surface area contributed by atoms with Crippen LogP contribution in [0.25, 0.3) is 0 Å². The van der Waals surface area contributed by atoms with E-state index < -0.39 is 10.0 Å². The third kappa shape index (κ3) is 4.14. The van der Waals surface area contributed by atoms with E-state index in [1.807, 2.05) is 37.3 Å². The molecule has 2 aromatic carbocycles. The Labute approximate surface area is 156 Å². The van der Waals surface area contributed by atoms with Crippen LogP contribution in [0.5, 0.6) is 0 Å². The second-order valence-corrected chi connectivity index (χ2v) is 8.06. The Balaban J connectivity index is 2.31. The Morgan fingerprint density at radius 3 is 2.19 bits per heavy atom. The molecule has 1 amide bonds. The van der Waals surface area contributed by atoms with Gasteiger partial charge in [-0.25, -0.2) is 8.42 Å². The summed E-state index contributed by atoms with van der Waals surface area (Å²) in [5, 5.41) is 0. The third-order valence-electron chi connectivity index (χ3n) is 4.61. The molecule has 26 heavy (non-hydrogen) atoms. The Morgan fingerprint density at radius 1 is 1.00 bits per heavy atom. The number of sulfonamides is 1. The van der Waals surface area contributed by atoms with Gasteiger partial charge in [0.1, 0.15) is 0 Å². The van der Waals surface area contributed by atoms with E-state index in [0.29, 0.717) is 18.7 Å². The largest absolute Gasteiger partial charge is 0.335 e. The van der Waals surface area contributed by atoms with E-state index in [-0.39, 0.29) is 16.8 Å². The number of benzene rings is 2. The summed E-state index contributed by atoms with van der Waals surface area (Å²) in [6, 6.07) is 15.9. The van der Waals surface area contributed by atoms with Gasteiger partial charge in [-0.05, 0) is 30.7 Å². The normalized spacial score (nSPS) is 12.8. The number of carbonyl (C=O) groups is 1. The Hall–Kier alpha value is -2.18. The van der Waals surface area contributed by atoms with Crippen molar-refractivity contribution in [1.82, 2.24) is 9.21 Å². The van der Waals surface area contributed by atoms with Crippen molar-refractivity contribution in [3.05, 3.63) is 65.7 Å². The van der Waals surface area contributed by atoms with Gasteiger partial charge in [0.2, 0.25) is 10.0 Å². The molecule has 1 atom stereocenters. The molecule has 0 radical (unpaired) electrons. The lowest BCUT2D eigenvalue weighted by molar-refractivity contribution is 0.0742. The average Bonchev–Trinajstić information content (AvgIpc) is 2.67. The fraction of sp³-hybridized carbons (Fsp3) is 0.350. The molecular weight excluding hydrogens is 348 g/mol. The number of hydrogen-bond acceptors (Lipinski definition) is 3. The van der Waals surface area contributed by atoms with E-state index in [1.54, 1.807) is 37.9 Å². The van der Waals surface area contributed by atoms with Gasteiger partial charge >= 0.3 is 0 Å². The smallest absolute Gasteiger partial charge is 0.254 e. The van der Waals surface area contributed by atoms with Gasteiger partial charge in [-0.2, -0.15) is 4.31 Å². The summed E-state index contributed by atoms with van der Waals surface area (Å²) >= 11 is 0. The Bertz CT molecular complexity index is 846. The summed E-state index contributed by atoms with van der Waals surface area (Å²) in [6.07, 6.45) is 0. The summed E-state index contributed by atoms with van der Waals surface area (Å²) in [5.41, 5.74) is 1.39. The Kier molecular flexibility index (Phi) is 6.56. The fourth-order valence-corrected chi connectivity index (χ4v) is 4.34. The fourth-order valence-electron chi connectivity index (χ4n) is 2.84. The van der Waals surface area contributed by atoms with Crippen LogP contribution in [0.2, 0.25) is 0 Å². The molecule has 0 unspecified atom stereocenters. The maximum atomic E-state index is 12.9. The first-order chi connectivity index (χ1) is 12.3. The van der Waals surface area contributed by atoms with Crippen LogP contribution in [0, 0.1) is 0 Å². The Morgan fingerprint density at radius 2 is 1.62 bits per heavy atom. The van der Waals surface area contributed by atoms with Crippen LogP contribution in [0.3, 0.4) is 0 Å². The highest BCUT2D eigenvalue weighted by molar-refractivity contribution is 7.89. The van der Waals surface area contributed by atoms with Crippen molar-refractivity contribution in [1.29, 1.82) is 0 Å². The van der Waals surface area contributed by atoms with Gasteiger partial charge < -0.3 is 4.90 Å². The van der Waals surface area contributed by atoms with Crippen molar-refractivity contribution >= 4 is 15.9 Å². The van der Waals surface area contributed by atoms with Gasteiger partial charge in [0.05, 0.1) is 10.9 Å². The number of hydrogen-bond donors (Lipinski definition) is 0. The summed E-state index contributed by atoms with van der Waals surface area (Å²) in [6.45, 7) is 6.32. The lowest BCUT2D eigenvalue weighted by atomic mass is 10.1. The van der Waals surface area contributed by atoms with Crippen LogP contribution >= 0.6 is 0 Å². The molecule has 0 saturated heterocycles. The first-order valence-electron chi connectivity index (χ1n) is 8.75. The molecule has 0 fully saturated rings. The summed E-state index contributed by atoms with van der Waals surface area (Å²) in [7, 11) is -1.86. The van der Waals surface area contributed by atoms with E-state index in [0.717, 1.165) is 5.56 Å². The maximum absolute atomic E-state index is 12.9. The second kappa shape index (κ2) is 8.47. The summed E-state index contributed by atoms with van der Waals surface area (Å²) in [4.78, 5) is 14.6. The van der Waals surface area contributed by atoms with Crippen molar-refractivity contribution < 1.29 is 13.2 Å². The average molecular weight is 375 g/mol. The predicted molar refractivity (Wildman–Crippen MR) is 103 cm³/mol. The van der Waals surface area contributed by atoms with Crippen molar-refractivity contribution in [3.63, 3.8) is 0 Å². The highest BCUT2D eigenvalue weighted by Gasteiger charge is 2.24. The zero-order valence-corrected chi connectivity index (χ0v) is 16.5. The molecule has 5 nitrogen and oxygen atoms in total. The van der Waals surface area contributed by atoms with Gasteiger partial charge in [-0.1, -0.05) is 50.2 Å².